The Morgan fingerprint density at radius 3 is 2.80 bits per heavy atom. The van der Waals surface area contributed by atoms with E-state index in [1.807, 2.05) is 37.5 Å². The van der Waals surface area contributed by atoms with Gasteiger partial charge in [0.2, 0.25) is 5.43 Å². The molecule has 1 atom stereocenters. The van der Waals surface area contributed by atoms with Crippen LogP contribution in [0.25, 0.3) is 17.1 Å². The number of benzene rings is 1. The third-order valence-electron chi connectivity index (χ3n) is 5.88. The van der Waals surface area contributed by atoms with Gasteiger partial charge >= 0.3 is 0 Å². The van der Waals surface area contributed by atoms with Crippen molar-refractivity contribution in [3.05, 3.63) is 88.4 Å². The number of rotatable bonds is 7. The quantitative estimate of drug-likeness (QED) is 0.437. The van der Waals surface area contributed by atoms with Crippen LogP contribution in [0.4, 0.5) is 0 Å². The van der Waals surface area contributed by atoms with E-state index in [1.165, 1.54) is 18.5 Å². The van der Waals surface area contributed by atoms with Crippen LogP contribution in [-0.2, 0) is 18.2 Å². The van der Waals surface area contributed by atoms with E-state index in [2.05, 4.69) is 25.5 Å². The number of hydrogen-bond acceptors (Lipinski definition) is 7. The summed E-state index contributed by atoms with van der Waals surface area (Å²) in [5.41, 5.74) is 3.17. The highest BCUT2D eigenvalue weighted by Crippen LogP contribution is 2.18. The molecule has 1 fully saturated rings. The summed E-state index contributed by atoms with van der Waals surface area (Å²) in [7, 11) is 1.82. The molecule has 1 unspecified atom stereocenters. The standard InChI is InChI=1S/C25H25N7O3/c1-31-15-21(14-29-31)32-7-5-23(33)22(30-32)10-17-3-2-4-19(9-17)24-26-12-20(13-27-24)25(34)28-11-18-6-8-35-16-18/h2-5,7,9,12-15,18H,6,8,10-11,16H2,1H3,(H,28,34). The molecule has 0 radical (unpaired) electrons. The monoisotopic (exact) mass is 471 g/mol. The zero-order valence-corrected chi connectivity index (χ0v) is 19.3. The minimum Gasteiger partial charge on any atom is -0.381 e. The summed E-state index contributed by atoms with van der Waals surface area (Å²) in [5.74, 6) is 0.660. The topological polar surface area (TPSA) is 117 Å². The molecule has 10 heteroatoms. The molecule has 0 spiro atoms. The first-order valence-corrected chi connectivity index (χ1v) is 11.4. The molecule has 3 aromatic heterocycles. The zero-order valence-electron chi connectivity index (χ0n) is 19.3. The fourth-order valence-corrected chi connectivity index (χ4v) is 3.93. The SMILES string of the molecule is Cn1cc(-n2ccc(=O)c(Cc3cccc(-c4ncc(C(=O)NCC5CCOC5)cn4)c3)n2)cn1. The Bertz CT molecular complexity index is 1390. The fraction of sp³-hybridized carbons (Fsp3) is 0.280. The average molecular weight is 472 g/mol. The number of nitrogens with one attached hydrogen (secondary N) is 1. The highest BCUT2D eigenvalue weighted by atomic mass is 16.5. The molecular formula is C25H25N7O3. The number of amides is 1. The predicted molar refractivity (Wildman–Crippen MR) is 128 cm³/mol. The van der Waals surface area contributed by atoms with Crippen LogP contribution in [-0.4, -0.2) is 55.2 Å². The smallest absolute Gasteiger partial charge is 0.254 e. The minimum atomic E-state index is -0.197. The minimum absolute atomic E-state index is 0.133. The number of hydrogen-bond donors (Lipinski definition) is 1. The molecule has 4 heterocycles. The molecule has 1 saturated heterocycles. The maximum absolute atomic E-state index is 12.4. The lowest BCUT2D eigenvalue weighted by Crippen LogP contribution is -2.29. The van der Waals surface area contributed by atoms with Crippen LogP contribution < -0.4 is 10.7 Å². The van der Waals surface area contributed by atoms with E-state index in [9.17, 15) is 9.59 Å². The number of aryl methyl sites for hydroxylation is 1. The van der Waals surface area contributed by atoms with Crippen LogP contribution in [0, 0.1) is 5.92 Å². The highest BCUT2D eigenvalue weighted by Gasteiger charge is 2.17. The van der Waals surface area contributed by atoms with E-state index < -0.39 is 0 Å². The number of ether oxygens (including phenoxy) is 1. The molecule has 1 aliphatic rings. The van der Waals surface area contributed by atoms with Gasteiger partial charge in [0.05, 0.1) is 24.6 Å². The first-order valence-electron chi connectivity index (χ1n) is 11.4. The second-order valence-electron chi connectivity index (χ2n) is 8.56. The van der Waals surface area contributed by atoms with Crippen LogP contribution in [0.1, 0.15) is 28.0 Å². The van der Waals surface area contributed by atoms with Gasteiger partial charge in [0.15, 0.2) is 5.82 Å². The van der Waals surface area contributed by atoms with Gasteiger partial charge < -0.3 is 10.1 Å². The summed E-state index contributed by atoms with van der Waals surface area (Å²) in [6.45, 7) is 2.01. The van der Waals surface area contributed by atoms with Crippen molar-refractivity contribution in [3.8, 4) is 17.1 Å². The van der Waals surface area contributed by atoms with E-state index in [4.69, 9.17) is 4.74 Å². The Balaban J connectivity index is 1.29. The van der Waals surface area contributed by atoms with Gasteiger partial charge in [0.25, 0.3) is 5.91 Å². The molecule has 35 heavy (non-hydrogen) atoms. The van der Waals surface area contributed by atoms with E-state index in [-0.39, 0.29) is 11.3 Å². The summed E-state index contributed by atoms with van der Waals surface area (Å²) in [6.07, 6.45) is 9.52. The number of aromatic nitrogens is 6. The van der Waals surface area contributed by atoms with Crippen molar-refractivity contribution in [1.82, 2.24) is 34.8 Å². The maximum Gasteiger partial charge on any atom is 0.254 e. The number of carbonyl (C=O) groups is 1. The van der Waals surface area contributed by atoms with Crippen molar-refractivity contribution in [3.63, 3.8) is 0 Å². The average Bonchev–Trinajstić information content (AvgIpc) is 3.56. The van der Waals surface area contributed by atoms with Crippen molar-refractivity contribution < 1.29 is 9.53 Å². The van der Waals surface area contributed by atoms with Gasteiger partial charge in [0, 0.05) is 62.8 Å². The molecule has 0 saturated carbocycles. The summed E-state index contributed by atoms with van der Waals surface area (Å²) in [6, 6.07) is 9.15. The van der Waals surface area contributed by atoms with Gasteiger partial charge in [0.1, 0.15) is 11.4 Å². The molecule has 0 aliphatic carbocycles. The van der Waals surface area contributed by atoms with Gasteiger partial charge in [-0.15, -0.1) is 0 Å². The van der Waals surface area contributed by atoms with Crippen LogP contribution >= 0.6 is 0 Å². The lowest BCUT2D eigenvalue weighted by molar-refractivity contribution is 0.0944. The van der Waals surface area contributed by atoms with Crippen LogP contribution in [0.2, 0.25) is 0 Å². The second kappa shape index (κ2) is 9.98. The van der Waals surface area contributed by atoms with E-state index in [1.54, 1.807) is 21.8 Å². The van der Waals surface area contributed by atoms with E-state index >= 15 is 0 Å². The van der Waals surface area contributed by atoms with Gasteiger partial charge in [-0.3, -0.25) is 14.3 Å². The Morgan fingerprint density at radius 1 is 1.20 bits per heavy atom. The van der Waals surface area contributed by atoms with Gasteiger partial charge in [-0.05, 0) is 18.1 Å². The summed E-state index contributed by atoms with van der Waals surface area (Å²) < 4.78 is 8.66. The third kappa shape index (κ3) is 5.33. The lowest BCUT2D eigenvalue weighted by Gasteiger charge is -2.09. The van der Waals surface area contributed by atoms with Gasteiger partial charge in [-0.2, -0.15) is 10.2 Å². The second-order valence-corrected chi connectivity index (χ2v) is 8.56. The van der Waals surface area contributed by atoms with Crippen molar-refractivity contribution in [2.24, 2.45) is 13.0 Å². The summed E-state index contributed by atoms with van der Waals surface area (Å²) >= 11 is 0. The molecule has 178 valence electrons. The Hall–Kier alpha value is -4.18. The zero-order chi connectivity index (χ0) is 24.2. The Labute approximate surface area is 201 Å². The fourth-order valence-electron chi connectivity index (χ4n) is 3.93. The number of carbonyl (C=O) groups excluding carboxylic acids is 1. The largest absolute Gasteiger partial charge is 0.381 e. The summed E-state index contributed by atoms with van der Waals surface area (Å²) in [4.78, 5) is 33.6. The Kier molecular flexibility index (Phi) is 6.44. The lowest BCUT2D eigenvalue weighted by atomic mass is 10.1. The molecule has 0 bridgehead atoms. The third-order valence-corrected chi connectivity index (χ3v) is 5.88. The molecule has 1 N–H and O–H groups in total. The van der Waals surface area contributed by atoms with Crippen molar-refractivity contribution in [2.45, 2.75) is 12.8 Å². The Morgan fingerprint density at radius 2 is 2.06 bits per heavy atom. The molecule has 1 amide bonds. The highest BCUT2D eigenvalue weighted by molar-refractivity contribution is 5.93. The molecule has 1 aliphatic heterocycles. The first kappa shape index (κ1) is 22.6. The maximum atomic E-state index is 12.4. The van der Waals surface area contributed by atoms with Crippen molar-refractivity contribution in [1.29, 1.82) is 0 Å². The van der Waals surface area contributed by atoms with Gasteiger partial charge in [-0.25, -0.2) is 14.6 Å². The molecular weight excluding hydrogens is 446 g/mol. The number of nitrogens with zero attached hydrogens (tertiary/aromatic N) is 6. The van der Waals surface area contributed by atoms with E-state index in [0.29, 0.717) is 42.6 Å². The molecule has 10 nitrogen and oxygen atoms in total. The predicted octanol–water partition coefficient (Wildman–Crippen LogP) is 1.78. The molecule has 4 aromatic rings. The van der Waals surface area contributed by atoms with Crippen LogP contribution in [0.5, 0.6) is 0 Å². The first-order chi connectivity index (χ1) is 17.0. The normalized spacial score (nSPS) is 15.3. The summed E-state index contributed by atoms with van der Waals surface area (Å²) in [5, 5.41) is 11.6. The van der Waals surface area contributed by atoms with Gasteiger partial charge in [-0.1, -0.05) is 18.2 Å². The van der Waals surface area contributed by atoms with Crippen molar-refractivity contribution >= 4 is 5.91 Å². The molecule has 1 aromatic carbocycles. The van der Waals surface area contributed by atoms with Crippen LogP contribution in [0.15, 0.2) is 66.1 Å². The molecule has 5 rings (SSSR count). The van der Waals surface area contributed by atoms with Crippen LogP contribution in [0.3, 0.4) is 0 Å². The van der Waals surface area contributed by atoms with Crippen molar-refractivity contribution in [2.75, 3.05) is 19.8 Å². The van der Waals surface area contributed by atoms with E-state index in [0.717, 1.165) is 29.8 Å².